The van der Waals surface area contributed by atoms with Crippen molar-refractivity contribution >= 4 is 5.91 Å². The van der Waals surface area contributed by atoms with Crippen LogP contribution < -0.4 is 19.5 Å². The fourth-order valence-electron chi connectivity index (χ4n) is 3.11. The van der Waals surface area contributed by atoms with Gasteiger partial charge in [0.1, 0.15) is 6.61 Å². The number of carbonyl (C=O) groups excluding carboxylic acids is 1. The number of pyridine rings is 1. The smallest absolute Gasteiger partial charge is 0.231 e. The van der Waals surface area contributed by atoms with Gasteiger partial charge in [-0.1, -0.05) is 6.07 Å². The molecule has 1 aromatic carbocycles. The van der Waals surface area contributed by atoms with Crippen LogP contribution in [0, 0.1) is 0 Å². The molecule has 2 aliphatic rings. The number of ether oxygens (including phenoxy) is 4. The Balaban J connectivity index is 1.27. The zero-order valence-electron chi connectivity index (χ0n) is 15.0. The van der Waals surface area contributed by atoms with Crippen LogP contribution in [0.4, 0.5) is 0 Å². The largest absolute Gasteiger partial charge is 0.473 e. The highest BCUT2D eigenvalue weighted by Gasteiger charge is 2.18. The van der Waals surface area contributed by atoms with Gasteiger partial charge >= 0.3 is 0 Å². The molecule has 1 N–H and O–H groups in total. The molecule has 3 heterocycles. The van der Waals surface area contributed by atoms with Crippen molar-refractivity contribution in [1.29, 1.82) is 0 Å². The first kappa shape index (κ1) is 17.6. The first-order valence-corrected chi connectivity index (χ1v) is 9.11. The monoisotopic (exact) mass is 370 g/mol. The van der Waals surface area contributed by atoms with Crippen LogP contribution in [0.3, 0.4) is 0 Å². The van der Waals surface area contributed by atoms with Crippen LogP contribution in [0.1, 0.15) is 30.4 Å². The zero-order valence-corrected chi connectivity index (χ0v) is 15.0. The van der Waals surface area contributed by atoms with Crippen LogP contribution in [-0.4, -0.2) is 30.4 Å². The molecule has 1 saturated heterocycles. The predicted octanol–water partition coefficient (Wildman–Crippen LogP) is 2.57. The third kappa shape index (κ3) is 4.68. The van der Waals surface area contributed by atoms with Crippen molar-refractivity contribution in [2.24, 2.45) is 0 Å². The Morgan fingerprint density at radius 1 is 1.19 bits per heavy atom. The van der Waals surface area contributed by atoms with Gasteiger partial charge in [0.25, 0.3) is 0 Å². The molecule has 7 nitrogen and oxygen atoms in total. The number of amides is 1. The molecule has 2 aromatic rings. The van der Waals surface area contributed by atoms with E-state index in [1.54, 1.807) is 6.20 Å². The minimum Gasteiger partial charge on any atom is -0.473 e. The zero-order chi connectivity index (χ0) is 18.5. The highest BCUT2D eigenvalue weighted by molar-refractivity contribution is 5.76. The third-order valence-electron chi connectivity index (χ3n) is 4.55. The van der Waals surface area contributed by atoms with Gasteiger partial charge in [0.15, 0.2) is 11.5 Å². The molecular formula is C20H22N2O5. The molecule has 142 valence electrons. The molecule has 0 spiro atoms. The highest BCUT2D eigenvalue weighted by Crippen LogP contribution is 2.32. The van der Waals surface area contributed by atoms with Crippen molar-refractivity contribution in [2.75, 3.05) is 13.4 Å². The summed E-state index contributed by atoms with van der Waals surface area (Å²) in [5.41, 5.74) is 1.91. The van der Waals surface area contributed by atoms with E-state index in [0.29, 0.717) is 25.5 Å². The maximum Gasteiger partial charge on any atom is 0.231 e. The Morgan fingerprint density at radius 2 is 2.11 bits per heavy atom. The molecule has 1 aromatic heterocycles. The molecule has 0 saturated carbocycles. The van der Waals surface area contributed by atoms with E-state index in [0.717, 1.165) is 42.1 Å². The van der Waals surface area contributed by atoms with Gasteiger partial charge in [0.05, 0.1) is 12.5 Å². The summed E-state index contributed by atoms with van der Waals surface area (Å²) in [6.07, 6.45) is 4.14. The highest BCUT2D eigenvalue weighted by atomic mass is 16.7. The summed E-state index contributed by atoms with van der Waals surface area (Å²) >= 11 is 0. The number of nitrogens with zero attached hydrogens (tertiary/aromatic N) is 1. The maximum absolute atomic E-state index is 12.0. The molecule has 1 atom stereocenters. The summed E-state index contributed by atoms with van der Waals surface area (Å²) in [5.74, 6) is 1.99. The lowest BCUT2D eigenvalue weighted by atomic mass is 10.1. The molecular weight excluding hydrogens is 348 g/mol. The Morgan fingerprint density at radius 3 is 3.00 bits per heavy atom. The molecule has 4 rings (SSSR count). The van der Waals surface area contributed by atoms with Gasteiger partial charge in [-0.05, 0) is 42.2 Å². The van der Waals surface area contributed by atoms with E-state index in [2.05, 4.69) is 10.3 Å². The van der Waals surface area contributed by atoms with Gasteiger partial charge < -0.3 is 24.3 Å². The van der Waals surface area contributed by atoms with Crippen molar-refractivity contribution in [1.82, 2.24) is 10.3 Å². The molecule has 27 heavy (non-hydrogen) atoms. The third-order valence-corrected chi connectivity index (χ3v) is 4.55. The lowest BCUT2D eigenvalue weighted by Gasteiger charge is -2.11. The molecule has 2 aliphatic heterocycles. The lowest BCUT2D eigenvalue weighted by molar-refractivity contribution is -0.123. The Hall–Kier alpha value is -2.80. The summed E-state index contributed by atoms with van der Waals surface area (Å²) in [7, 11) is 0. The SMILES string of the molecule is O=C(C[C@@H]1CCCO1)NCc1ccnc(OCc2ccc3c(c2)OCO3)c1. The Labute approximate surface area is 157 Å². The number of carbonyl (C=O) groups is 1. The number of aromatic nitrogens is 1. The van der Waals surface area contributed by atoms with Crippen molar-refractivity contribution in [3.05, 3.63) is 47.7 Å². The summed E-state index contributed by atoms with van der Waals surface area (Å²) in [4.78, 5) is 16.2. The normalized spacial score (nSPS) is 17.7. The topological polar surface area (TPSA) is 78.9 Å². The van der Waals surface area contributed by atoms with E-state index < -0.39 is 0 Å². The van der Waals surface area contributed by atoms with Gasteiger partial charge in [-0.3, -0.25) is 4.79 Å². The average molecular weight is 370 g/mol. The summed E-state index contributed by atoms with van der Waals surface area (Å²) in [6.45, 7) is 1.82. The lowest BCUT2D eigenvalue weighted by Crippen LogP contribution is -2.26. The second-order valence-electron chi connectivity index (χ2n) is 6.59. The molecule has 1 amide bonds. The second kappa shape index (κ2) is 8.26. The van der Waals surface area contributed by atoms with Crippen molar-refractivity contribution in [2.45, 2.75) is 38.5 Å². The molecule has 7 heteroatoms. The number of fused-ring (bicyclic) bond motifs is 1. The van der Waals surface area contributed by atoms with Gasteiger partial charge in [0, 0.05) is 25.4 Å². The van der Waals surface area contributed by atoms with Crippen LogP contribution in [-0.2, 0) is 22.7 Å². The Bertz CT molecular complexity index is 805. The Kier molecular flexibility index (Phi) is 5.39. The minimum atomic E-state index is 0.00143. The number of nitrogens with one attached hydrogen (secondary N) is 1. The molecule has 1 fully saturated rings. The first-order valence-electron chi connectivity index (χ1n) is 9.11. The molecule has 0 radical (unpaired) electrons. The van der Waals surface area contributed by atoms with Crippen molar-refractivity contribution < 1.29 is 23.7 Å². The van der Waals surface area contributed by atoms with Gasteiger partial charge in [-0.2, -0.15) is 0 Å². The van der Waals surface area contributed by atoms with Crippen LogP contribution in [0.15, 0.2) is 36.5 Å². The second-order valence-corrected chi connectivity index (χ2v) is 6.59. The van der Waals surface area contributed by atoms with Crippen molar-refractivity contribution in [3.63, 3.8) is 0 Å². The first-order chi connectivity index (χ1) is 13.3. The fraction of sp³-hybridized carbons (Fsp3) is 0.400. The number of hydrogen-bond acceptors (Lipinski definition) is 6. The quantitative estimate of drug-likeness (QED) is 0.807. The van der Waals surface area contributed by atoms with E-state index >= 15 is 0 Å². The van der Waals surface area contributed by atoms with E-state index in [4.69, 9.17) is 18.9 Å². The van der Waals surface area contributed by atoms with Crippen LogP contribution in [0.5, 0.6) is 17.4 Å². The number of benzene rings is 1. The van der Waals surface area contributed by atoms with E-state index in [1.807, 2.05) is 30.3 Å². The predicted molar refractivity (Wildman–Crippen MR) is 96.6 cm³/mol. The standard InChI is InChI=1S/C20H22N2O5/c23-19(10-16-2-1-7-24-16)22-11-14-5-6-21-20(9-14)25-12-15-3-4-17-18(8-15)27-13-26-17/h3-6,8-9,16H,1-2,7,10-13H2,(H,22,23)/t16-/m0/s1. The summed E-state index contributed by atoms with van der Waals surface area (Å²) in [6, 6.07) is 9.40. The van der Waals surface area contributed by atoms with Crippen LogP contribution in [0.25, 0.3) is 0 Å². The van der Waals surface area contributed by atoms with Crippen LogP contribution >= 0.6 is 0 Å². The fourth-order valence-corrected chi connectivity index (χ4v) is 3.11. The molecule has 0 aliphatic carbocycles. The van der Waals surface area contributed by atoms with E-state index in [9.17, 15) is 4.79 Å². The van der Waals surface area contributed by atoms with Crippen LogP contribution in [0.2, 0.25) is 0 Å². The number of rotatable bonds is 7. The average Bonchev–Trinajstić information content (AvgIpc) is 3.36. The van der Waals surface area contributed by atoms with Gasteiger partial charge in [-0.15, -0.1) is 0 Å². The summed E-state index contributed by atoms with van der Waals surface area (Å²) in [5, 5.41) is 2.92. The maximum atomic E-state index is 12.0. The van der Waals surface area contributed by atoms with Crippen molar-refractivity contribution in [3.8, 4) is 17.4 Å². The van der Waals surface area contributed by atoms with E-state index in [-0.39, 0.29) is 18.8 Å². The van der Waals surface area contributed by atoms with Gasteiger partial charge in [0.2, 0.25) is 18.6 Å². The van der Waals surface area contributed by atoms with Gasteiger partial charge in [-0.25, -0.2) is 4.98 Å². The summed E-state index contributed by atoms with van der Waals surface area (Å²) < 4.78 is 21.9. The minimum absolute atomic E-state index is 0.00143. The van der Waals surface area contributed by atoms with E-state index in [1.165, 1.54) is 0 Å². The molecule has 0 unspecified atom stereocenters. The number of hydrogen-bond donors (Lipinski definition) is 1. The molecule has 0 bridgehead atoms.